The number of ether oxygens (including phenoxy) is 1. The summed E-state index contributed by atoms with van der Waals surface area (Å²) in [6.07, 6.45) is 1.23. The van der Waals surface area contributed by atoms with E-state index in [1.54, 1.807) is 12.1 Å². The summed E-state index contributed by atoms with van der Waals surface area (Å²) < 4.78 is 5.63. The molecule has 1 N–H and O–H groups in total. The summed E-state index contributed by atoms with van der Waals surface area (Å²) in [7, 11) is 1.39. The van der Waals surface area contributed by atoms with Crippen LogP contribution in [0.2, 0.25) is 0 Å². The van der Waals surface area contributed by atoms with E-state index in [4.69, 9.17) is 4.74 Å². The monoisotopic (exact) mass is 311 g/mol. The molecule has 2 rings (SSSR count). The smallest absolute Gasteiger partial charge is 0.337 e. The number of methoxy groups -OCH3 is 1. The Morgan fingerprint density at radius 3 is 2.72 bits per heavy atom. The lowest BCUT2D eigenvalue weighted by molar-refractivity contribution is 0.0600. The van der Waals surface area contributed by atoms with Gasteiger partial charge >= 0.3 is 5.97 Å². The minimum atomic E-state index is -0.307. The van der Waals surface area contributed by atoms with E-state index >= 15 is 0 Å². The summed E-state index contributed by atoms with van der Waals surface area (Å²) in [6, 6.07) is 6.16. The third-order valence-corrected chi connectivity index (χ3v) is 4.26. The molecule has 18 heavy (non-hydrogen) atoms. The quantitative estimate of drug-likeness (QED) is 0.868. The molecule has 0 saturated heterocycles. The number of nitrogens with one attached hydrogen (secondary N) is 1. The number of hydrogen-bond acceptors (Lipinski definition) is 3. The summed E-state index contributed by atoms with van der Waals surface area (Å²) in [5, 5.41) is 3.52. The van der Waals surface area contributed by atoms with Gasteiger partial charge in [0.05, 0.1) is 12.7 Å². The van der Waals surface area contributed by atoms with Gasteiger partial charge < -0.3 is 10.1 Å². The zero-order chi connectivity index (χ0) is 13.3. The molecule has 0 heterocycles. The average Bonchev–Trinajstić information content (AvgIpc) is 2.94. The van der Waals surface area contributed by atoms with E-state index in [0.717, 1.165) is 16.6 Å². The standard InChI is InChI=1S/C14H18BrNO2/c1-14(2)7-12(14)16-8-10-5-4-9(6-11(10)15)13(17)18-3/h4-6,12,16H,7-8H2,1-3H3. The zero-order valence-corrected chi connectivity index (χ0v) is 12.5. The Hall–Kier alpha value is -0.870. The highest BCUT2D eigenvalue weighted by Gasteiger charge is 2.44. The maximum absolute atomic E-state index is 11.4. The molecule has 1 unspecified atom stereocenters. The van der Waals surface area contributed by atoms with Gasteiger partial charge in [0.15, 0.2) is 0 Å². The summed E-state index contributed by atoms with van der Waals surface area (Å²) in [6.45, 7) is 5.34. The number of carbonyl (C=O) groups excluding carboxylic acids is 1. The van der Waals surface area contributed by atoms with Crippen LogP contribution in [0.4, 0.5) is 0 Å². The molecule has 1 atom stereocenters. The fourth-order valence-electron chi connectivity index (χ4n) is 1.98. The summed E-state index contributed by atoms with van der Waals surface area (Å²) in [5.74, 6) is -0.307. The van der Waals surface area contributed by atoms with Crippen molar-refractivity contribution >= 4 is 21.9 Å². The molecule has 1 fully saturated rings. The molecule has 4 heteroatoms. The highest BCUT2D eigenvalue weighted by molar-refractivity contribution is 9.10. The molecule has 1 saturated carbocycles. The molecule has 0 bridgehead atoms. The van der Waals surface area contributed by atoms with Crippen molar-refractivity contribution in [2.75, 3.05) is 7.11 Å². The molecule has 1 aromatic rings. The van der Waals surface area contributed by atoms with E-state index in [0.29, 0.717) is 17.0 Å². The van der Waals surface area contributed by atoms with Crippen LogP contribution in [0.5, 0.6) is 0 Å². The first-order valence-electron chi connectivity index (χ1n) is 6.04. The summed E-state index contributed by atoms with van der Waals surface area (Å²) >= 11 is 3.50. The van der Waals surface area contributed by atoms with Gasteiger partial charge in [0, 0.05) is 17.1 Å². The second-order valence-corrected chi connectivity index (χ2v) is 6.28. The molecule has 0 radical (unpaired) electrons. The molecule has 3 nitrogen and oxygen atoms in total. The number of rotatable bonds is 4. The van der Waals surface area contributed by atoms with Gasteiger partial charge in [0.25, 0.3) is 0 Å². The van der Waals surface area contributed by atoms with Crippen molar-refractivity contribution in [2.45, 2.75) is 32.9 Å². The van der Waals surface area contributed by atoms with Crippen molar-refractivity contribution in [1.29, 1.82) is 0 Å². The molecule has 1 aromatic carbocycles. The van der Waals surface area contributed by atoms with Gasteiger partial charge in [-0.3, -0.25) is 0 Å². The van der Waals surface area contributed by atoms with Crippen LogP contribution in [0.3, 0.4) is 0 Å². The van der Waals surface area contributed by atoms with Crippen molar-refractivity contribution in [3.05, 3.63) is 33.8 Å². The Labute approximate surface area is 116 Å². The first-order chi connectivity index (χ1) is 8.44. The lowest BCUT2D eigenvalue weighted by Gasteiger charge is -2.09. The normalized spacial score (nSPS) is 20.6. The SMILES string of the molecule is COC(=O)c1ccc(CNC2CC2(C)C)c(Br)c1. The van der Waals surface area contributed by atoms with Crippen molar-refractivity contribution in [3.8, 4) is 0 Å². The van der Waals surface area contributed by atoms with E-state index in [1.165, 1.54) is 13.5 Å². The Balaban J connectivity index is 1.99. The number of benzene rings is 1. The van der Waals surface area contributed by atoms with E-state index < -0.39 is 0 Å². The molecule has 98 valence electrons. The van der Waals surface area contributed by atoms with Crippen LogP contribution in [-0.2, 0) is 11.3 Å². The lowest BCUT2D eigenvalue weighted by atomic mass is 10.1. The molecule has 0 spiro atoms. The van der Waals surface area contributed by atoms with Crippen LogP contribution >= 0.6 is 15.9 Å². The van der Waals surface area contributed by atoms with E-state index in [-0.39, 0.29) is 5.97 Å². The second kappa shape index (κ2) is 5.02. The first kappa shape index (κ1) is 13.6. The molecule has 0 aliphatic heterocycles. The van der Waals surface area contributed by atoms with Crippen LogP contribution in [0.15, 0.2) is 22.7 Å². The zero-order valence-electron chi connectivity index (χ0n) is 10.9. The number of halogens is 1. The Morgan fingerprint density at radius 2 is 2.22 bits per heavy atom. The maximum Gasteiger partial charge on any atom is 0.337 e. The number of hydrogen-bond donors (Lipinski definition) is 1. The molecule has 0 aromatic heterocycles. The first-order valence-corrected chi connectivity index (χ1v) is 6.83. The van der Waals surface area contributed by atoms with Crippen LogP contribution in [0, 0.1) is 5.41 Å². The predicted octanol–water partition coefficient (Wildman–Crippen LogP) is 3.12. The minimum absolute atomic E-state index is 0.307. The Morgan fingerprint density at radius 1 is 1.56 bits per heavy atom. The van der Waals surface area contributed by atoms with Crippen molar-refractivity contribution in [1.82, 2.24) is 5.32 Å². The van der Waals surface area contributed by atoms with Crippen LogP contribution in [0.25, 0.3) is 0 Å². The maximum atomic E-state index is 11.4. The predicted molar refractivity (Wildman–Crippen MR) is 74.5 cm³/mol. The third-order valence-electron chi connectivity index (χ3n) is 3.53. The average molecular weight is 312 g/mol. The Kier molecular flexibility index (Phi) is 3.78. The largest absolute Gasteiger partial charge is 0.465 e. The number of carbonyl (C=O) groups is 1. The topological polar surface area (TPSA) is 38.3 Å². The summed E-state index contributed by atoms with van der Waals surface area (Å²) in [5.41, 5.74) is 2.16. The van der Waals surface area contributed by atoms with Crippen LogP contribution < -0.4 is 5.32 Å². The van der Waals surface area contributed by atoms with E-state index in [9.17, 15) is 4.79 Å². The van der Waals surface area contributed by atoms with Crippen molar-refractivity contribution in [3.63, 3.8) is 0 Å². The molecular weight excluding hydrogens is 294 g/mol. The van der Waals surface area contributed by atoms with Gasteiger partial charge in [0.1, 0.15) is 0 Å². The van der Waals surface area contributed by atoms with Crippen molar-refractivity contribution in [2.24, 2.45) is 5.41 Å². The van der Waals surface area contributed by atoms with Gasteiger partial charge in [-0.05, 0) is 29.5 Å². The van der Waals surface area contributed by atoms with Gasteiger partial charge in [0.2, 0.25) is 0 Å². The van der Waals surface area contributed by atoms with Crippen LogP contribution in [0.1, 0.15) is 36.2 Å². The fraction of sp³-hybridized carbons (Fsp3) is 0.500. The third kappa shape index (κ3) is 2.93. The van der Waals surface area contributed by atoms with Gasteiger partial charge in [-0.15, -0.1) is 0 Å². The fourth-order valence-corrected chi connectivity index (χ4v) is 2.50. The second-order valence-electron chi connectivity index (χ2n) is 5.42. The molecule has 0 amide bonds. The van der Waals surface area contributed by atoms with Crippen molar-refractivity contribution < 1.29 is 9.53 Å². The Bertz CT molecular complexity index is 471. The highest BCUT2D eigenvalue weighted by Crippen LogP contribution is 2.44. The van der Waals surface area contributed by atoms with Gasteiger partial charge in [-0.2, -0.15) is 0 Å². The minimum Gasteiger partial charge on any atom is -0.465 e. The van der Waals surface area contributed by atoms with Crippen LogP contribution in [-0.4, -0.2) is 19.1 Å². The highest BCUT2D eigenvalue weighted by atomic mass is 79.9. The van der Waals surface area contributed by atoms with Gasteiger partial charge in [-0.25, -0.2) is 4.79 Å². The molecular formula is C14H18BrNO2. The van der Waals surface area contributed by atoms with E-state index in [2.05, 4.69) is 35.1 Å². The molecule has 1 aliphatic rings. The lowest BCUT2D eigenvalue weighted by Crippen LogP contribution is -2.20. The summed E-state index contributed by atoms with van der Waals surface area (Å²) in [4.78, 5) is 11.4. The van der Waals surface area contributed by atoms with E-state index in [1.807, 2.05) is 6.07 Å². The van der Waals surface area contributed by atoms with Gasteiger partial charge in [-0.1, -0.05) is 35.8 Å². The molecule has 1 aliphatic carbocycles. The number of esters is 1.